The van der Waals surface area contributed by atoms with Crippen molar-refractivity contribution in [1.82, 2.24) is 20.0 Å². The Morgan fingerprint density at radius 2 is 2.30 bits per heavy atom. The second-order valence-electron chi connectivity index (χ2n) is 4.95. The second kappa shape index (κ2) is 5.42. The molecule has 0 radical (unpaired) electrons. The largest absolute Gasteiger partial charge is 0.352 e. The molecule has 1 amide bonds. The van der Waals surface area contributed by atoms with E-state index in [1.165, 1.54) is 4.40 Å². The summed E-state index contributed by atoms with van der Waals surface area (Å²) in [5.74, 6) is 0.101. The molecule has 104 valence electrons. The fourth-order valence-corrected chi connectivity index (χ4v) is 2.40. The van der Waals surface area contributed by atoms with Gasteiger partial charge in [0.2, 0.25) is 5.91 Å². The van der Waals surface area contributed by atoms with Crippen LogP contribution in [0.4, 0.5) is 0 Å². The van der Waals surface area contributed by atoms with Crippen molar-refractivity contribution in [2.75, 3.05) is 6.54 Å². The van der Waals surface area contributed by atoms with Crippen molar-refractivity contribution in [1.29, 1.82) is 0 Å². The highest BCUT2D eigenvalue weighted by Crippen LogP contribution is 2.05. The van der Waals surface area contributed by atoms with Crippen LogP contribution in [0.2, 0.25) is 0 Å². The Bertz CT molecular complexity index is 695. The minimum atomic E-state index is -0.0569. The fourth-order valence-electron chi connectivity index (χ4n) is 2.40. The number of carbonyl (C=O) groups is 1. The summed E-state index contributed by atoms with van der Waals surface area (Å²) in [7, 11) is 0. The number of nitrogens with one attached hydrogen (secondary N) is 2. The number of carbonyl (C=O) groups excluding carboxylic acids is 1. The van der Waals surface area contributed by atoms with Gasteiger partial charge in [-0.15, -0.1) is 0 Å². The number of rotatable bonds is 4. The molecule has 0 unspecified atom stereocenters. The van der Waals surface area contributed by atoms with Crippen molar-refractivity contribution >= 4 is 11.6 Å². The zero-order chi connectivity index (χ0) is 13.9. The number of pyridine rings is 1. The number of hydrogen-bond donors (Lipinski definition) is 2. The Kier molecular flexibility index (Phi) is 3.47. The number of hydrogen-bond acceptors (Lipinski definition) is 4. The predicted octanol–water partition coefficient (Wildman–Crippen LogP) is 0.0627. The van der Waals surface area contributed by atoms with E-state index < -0.39 is 0 Å². The third-order valence-electron chi connectivity index (χ3n) is 3.48. The van der Waals surface area contributed by atoms with Crippen LogP contribution in [0.1, 0.15) is 18.4 Å². The molecule has 0 spiro atoms. The van der Waals surface area contributed by atoms with Crippen LogP contribution < -0.4 is 16.2 Å². The summed E-state index contributed by atoms with van der Waals surface area (Å²) in [6, 6.07) is 5.62. The first kappa shape index (κ1) is 12.8. The third-order valence-corrected chi connectivity index (χ3v) is 3.48. The van der Waals surface area contributed by atoms with E-state index in [1.807, 2.05) is 6.07 Å². The van der Waals surface area contributed by atoms with E-state index in [-0.39, 0.29) is 17.5 Å². The normalized spacial score (nSPS) is 18.4. The maximum Gasteiger partial charge on any atom is 0.262 e. The summed E-state index contributed by atoms with van der Waals surface area (Å²) in [5.41, 5.74) is 1.21. The van der Waals surface area contributed by atoms with Crippen molar-refractivity contribution < 1.29 is 4.79 Å². The monoisotopic (exact) mass is 272 g/mol. The van der Waals surface area contributed by atoms with Gasteiger partial charge in [-0.2, -0.15) is 0 Å². The van der Waals surface area contributed by atoms with Crippen LogP contribution in [-0.4, -0.2) is 27.9 Å². The molecular weight excluding hydrogens is 256 g/mol. The summed E-state index contributed by atoms with van der Waals surface area (Å²) < 4.78 is 1.54. The molecule has 2 N–H and O–H groups in total. The summed E-state index contributed by atoms with van der Waals surface area (Å²) in [4.78, 5) is 27.6. The maximum absolute atomic E-state index is 12.2. The summed E-state index contributed by atoms with van der Waals surface area (Å²) in [6.07, 6.45) is 4.76. The van der Waals surface area contributed by atoms with Crippen LogP contribution in [0.15, 0.2) is 35.4 Å². The Hall–Kier alpha value is -2.21. The number of aromatic nitrogens is 2. The molecule has 1 aliphatic rings. The Balaban J connectivity index is 1.67. The van der Waals surface area contributed by atoms with E-state index >= 15 is 0 Å². The van der Waals surface area contributed by atoms with Crippen molar-refractivity contribution in [3.8, 4) is 0 Å². The lowest BCUT2D eigenvalue weighted by atomic mass is 10.2. The van der Waals surface area contributed by atoms with E-state index in [1.54, 1.807) is 24.5 Å². The van der Waals surface area contributed by atoms with Crippen LogP contribution in [0.5, 0.6) is 0 Å². The van der Waals surface area contributed by atoms with Gasteiger partial charge in [-0.25, -0.2) is 4.98 Å². The predicted molar refractivity (Wildman–Crippen MR) is 74.3 cm³/mol. The molecule has 20 heavy (non-hydrogen) atoms. The smallest absolute Gasteiger partial charge is 0.262 e. The van der Waals surface area contributed by atoms with Gasteiger partial charge >= 0.3 is 0 Å². The van der Waals surface area contributed by atoms with Gasteiger partial charge in [0.05, 0.1) is 0 Å². The summed E-state index contributed by atoms with van der Waals surface area (Å²) in [5, 5.41) is 6.09. The van der Waals surface area contributed by atoms with Crippen molar-refractivity contribution in [2.45, 2.75) is 25.4 Å². The summed E-state index contributed by atoms with van der Waals surface area (Å²) >= 11 is 0. The van der Waals surface area contributed by atoms with E-state index in [0.717, 1.165) is 6.42 Å². The highest BCUT2D eigenvalue weighted by Gasteiger charge is 2.19. The van der Waals surface area contributed by atoms with Gasteiger partial charge < -0.3 is 10.6 Å². The molecule has 1 fully saturated rings. The molecule has 1 aliphatic heterocycles. The molecule has 2 aromatic heterocycles. The lowest BCUT2D eigenvalue weighted by molar-refractivity contribution is -0.119. The van der Waals surface area contributed by atoms with Crippen molar-refractivity contribution in [3.05, 3.63) is 46.5 Å². The first-order chi connectivity index (χ1) is 9.74. The topological polar surface area (TPSA) is 75.5 Å². The van der Waals surface area contributed by atoms with Crippen LogP contribution in [0.25, 0.3) is 5.65 Å². The number of amides is 1. The molecule has 1 saturated heterocycles. The quantitative estimate of drug-likeness (QED) is 0.825. The highest BCUT2D eigenvalue weighted by atomic mass is 16.2. The van der Waals surface area contributed by atoms with E-state index in [4.69, 9.17) is 0 Å². The standard InChI is InChI=1S/C14H16N4O2/c19-13-5-4-11(17-13)9-15-7-10-8-16-12-3-1-2-6-18(12)14(10)20/h1-3,6,8,11,15H,4-5,7,9H2,(H,17,19)/t11-/m1/s1. The van der Waals surface area contributed by atoms with Gasteiger partial charge in [0.1, 0.15) is 5.65 Å². The first-order valence-corrected chi connectivity index (χ1v) is 6.69. The number of nitrogens with zero attached hydrogens (tertiary/aromatic N) is 2. The fraction of sp³-hybridized carbons (Fsp3) is 0.357. The molecule has 3 rings (SSSR count). The molecule has 6 nitrogen and oxygen atoms in total. The van der Waals surface area contributed by atoms with E-state index in [2.05, 4.69) is 15.6 Å². The Morgan fingerprint density at radius 1 is 1.40 bits per heavy atom. The zero-order valence-electron chi connectivity index (χ0n) is 11.0. The lowest BCUT2D eigenvalue weighted by Crippen LogP contribution is -2.36. The number of fused-ring (bicyclic) bond motifs is 1. The van der Waals surface area contributed by atoms with Gasteiger partial charge in [-0.3, -0.25) is 14.0 Å². The molecule has 2 aromatic rings. The van der Waals surface area contributed by atoms with Gasteiger partial charge in [-0.1, -0.05) is 6.07 Å². The molecular formula is C14H16N4O2. The first-order valence-electron chi connectivity index (χ1n) is 6.69. The van der Waals surface area contributed by atoms with Crippen LogP contribution in [0.3, 0.4) is 0 Å². The molecule has 1 atom stereocenters. The van der Waals surface area contributed by atoms with Gasteiger partial charge in [0.25, 0.3) is 5.56 Å². The minimum absolute atomic E-state index is 0.0569. The van der Waals surface area contributed by atoms with Crippen molar-refractivity contribution in [3.63, 3.8) is 0 Å². The van der Waals surface area contributed by atoms with Crippen molar-refractivity contribution in [2.24, 2.45) is 0 Å². The van der Waals surface area contributed by atoms with E-state index in [0.29, 0.717) is 30.7 Å². The van der Waals surface area contributed by atoms with Gasteiger partial charge in [-0.05, 0) is 18.6 Å². The summed E-state index contributed by atoms with van der Waals surface area (Å²) in [6.45, 7) is 1.12. The minimum Gasteiger partial charge on any atom is -0.352 e. The van der Waals surface area contributed by atoms with Gasteiger partial charge in [0.15, 0.2) is 0 Å². The average Bonchev–Trinajstić information content (AvgIpc) is 2.87. The molecule has 0 saturated carbocycles. The van der Waals surface area contributed by atoms with Gasteiger partial charge in [0, 0.05) is 43.5 Å². The lowest BCUT2D eigenvalue weighted by Gasteiger charge is -2.11. The Labute approximate surface area is 115 Å². The SMILES string of the molecule is O=C1CC[C@H](CNCc2cnc3ccccn3c2=O)N1. The zero-order valence-corrected chi connectivity index (χ0v) is 11.0. The molecule has 0 aliphatic carbocycles. The van der Waals surface area contributed by atoms with Crippen LogP contribution >= 0.6 is 0 Å². The maximum atomic E-state index is 12.2. The molecule has 6 heteroatoms. The molecule has 0 bridgehead atoms. The molecule has 0 aromatic carbocycles. The Morgan fingerprint density at radius 3 is 3.10 bits per heavy atom. The second-order valence-corrected chi connectivity index (χ2v) is 4.95. The third kappa shape index (κ3) is 2.55. The average molecular weight is 272 g/mol. The van der Waals surface area contributed by atoms with Crippen LogP contribution in [0, 0.1) is 0 Å². The molecule has 3 heterocycles. The van der Waals surface area contributed by atoms with E-state index in [9.17, 15) is 9.59 Å². The van der Waals surface area contributed by atoms with Crippen LogP contribution in [-0.2, 0) is 11.3 Å². The highest BCUT2D eigenvalue weighted by molar-refractivity contribution is 5.78.